The number of carbonyl (C=O) groups excluding carboxylic acids is 1. The standard InChI is InChI=1S/C26H30ClN5O4/c27-21-14-18(31-24-20-13-17(26(34)35)7-10-28-23(20)29-15-30-24)5-6-22(21)36-19-8-11-32(12-9-19)25(33)16-3-1-2-4-16/h5-6,13-16,19H,1-4,7-12H2,(H,34,35)(H2,28,29,30,31). The van der Waals surface area contributed by atoms with Crippen molar-refractivity contribution in [2.75, 3.05) is 30.3 Å². The molecule has 2 aliphatic heterocycles. The van der Waals surface area contributed by atoms with Gasteiger partial charge in [0.05, 0.1) is 10.6 Å². The van der Waals surface area contributed by atoms with Gasteiger partial charge in [-0.05, 0) is 43.5 Å². The second kappa shape index (κ2) is 10.7. The summed E-state index contributed by atoms with van der Waals surface area (Å²) in [5, 5.41) is 16.3. The number of halogens is 1. The van der Waals surface area contributed by atoms with Crippen molar-refractivity contribution in [2.45, 2.75) is 51.0 Å². The first kappa shape index (κ1) is 24.4. The highest BCUT2D eigenvalue weighted by Gasteiger charge is 2.30. The number of carboxylic acids is 1. The first-order valence-electron chi connectivity index (χ1n) is 12.5. The molecule has 36 heavy (non-hydrogen) atoms. The number of carboxylic acid groups (broad SMARTS) is 1. The molecule has 0 radical (unpaired) electrons. The average molecular weight is 512 g/mol. The van der Waals surface area contributed by atoms with E-state index in [0.717, 1.165) is 51.6 Å². The molecule has 1 saturated heterocycles. The lowest BCUT2D eigenvalue weighted by molar-refractivity contribution is -0.137. The summed E-state index contributed by atoms with van der Waals surface area (Å²) in [6.07, 6.45) is 9.37. The predicted molar refractivity (Wildman–Crippen MR) is 138 cm³/mol. The number of fused-ring (bicyclic) bond motifs is 1. The van der Waals surface area contributed by atoms with Crippen LogP contribution in [0.3, 0.4) is 0 Å². The Bertz CT molecular complexity index is 1170. The van der Waals surface area contributed by atoms with Gasteiger partial charge < -0.3 is 25.4 Å². The van der Waals surface area contributed by atoms with Crippen molar-refractivity contribution in [1.29, 1.82) is 0 Å². The molecule has 2 aromatic rings. The van der Waals surface area contributed by atoms with E-state index in [1.807, 2.05) is 17.0 Å². The predicted octanol–water partition coefficient (Wildman–Crippen LogP) is 4.72. The number of aliphatic carboxylic acids is 1. The Kier molecular flexibility index (Phi) is 7.27. The van der Waals surface area contributed by atoms with Gasteiger partial charge in [-0.15, -0.1) is 0 Å². The van der Waals surface area contributed by atoms with Gasteiger partial charge in [0, 0.05) is 49.7 Å². The molecule has 1 amide bonds. The van der Waals surface area contributed by atoms with Gasteiger partial charge in [-0.2, -0.15) is 0 Å². The third kappa shape index (κ3) is 5.41. The summed E-state index contributed by atoms with van der Waals surface area (Å²) >= 11 is 6.55. The number of benzene rings is 1. The number of anilines is 3. The molecule has 0 unspecified atom stereocenters. The lowest BCUT2D eigenvalue weighted by Crippen LogP contribution is -2.44. The van der Waals surface area contributed by atoms with Crippen LogP contribution in [-0.4, -0.2) is 57.6 Å². The fraction of sp³-hybridized carbons (Fsp3) is 0.462. The minimum atomic E-state index is -0.960. The highest BCUT2D eigenvalue weighted by atomic mass is 35.5. The zero-order valence-electron chi connectivity index (χ0n) is 20.0. The summed E-state index contributed by atoms with van der Waals surface area (Å²) in [5.74, 6) is 1.22. The molecule has 5 rings (SSSR count). The van der Waals surface area contributed by atoms with Gasteiger partial charge in [0.15, 0.2) is 0 Å². The van der Waals surface area contributed by atoms with Crippen LogP contribution in [0, 0.1) is 5.92 Å². The third-order valence-corrected chi connectivity index (χ3v) is 7.41. The van der Waals surface area contributed by atoms with Crippen molar-refractivity contribution in [1.82, 2.24) is 14.9 Å². The van der Waals surface area contributed by atoms with Gasteiger partial charge in [0.1, 0.15) is 29.8 Å². The van der Waals surface area contributed by atoms with Crippen LogP contribution in [0.2, 0.25) is 5.02 Å². The molecule has 1 aromatic carbocycles. The normalized spacial score (nSPS) is 18.6. The molecule has 3 heterocycles. The highest BCUT2D eigenvalue weighted by molar-refractivity contribution is 6.32. The van der Waals surface area contributed by atoms with Crippen molar-refractivity contribution in [2.24, 2.45) is 5.92 Å². The molecule has 10 heteroatoms. The fourth-order valence-electron chi connectivity index (χ4n) is 5.12. The van der Waals surface area contributed by atoms with Crippen LogP contribution in [0.15, 0.2) is 30.1 Å². The number of carbonyl (C=O) groups is 2. The minimum Gasteiger partial charge on any atom is -0.489 e. The lowest BCUT2D eigenvalue weighted by Gasteiger charge is -2.33. The second-order valence-corrected chi connectivity index (χ2v) is 9.94. The number of nitrogens with zero attached hydrogens (tertiary/aromatic N) is 3. The first-order chi connectivity index (χ1) is 17.5. The monoisotopic (exact) mass is 511 g/mol. The Labute approximate surface area is 214 Å². The van der Waals surface area contributed by atoms with E-state index in [0.29, 0.717) is 52.5 Å². The molecule has 1 aromatic heterocycles. The van der Waals surface area contributed by atoms with Crippen LogP contribution < -0.4 is 15.4 Å². The Morgan fingerprint density at radius 2 is 1.92 bits per heavy atom. The molecule has 1 aliphatic carbocycles. The van der Waals surface area contributed by atoms with Crippen molar-refractivity contribution < 1.29 is 19.4 Å². The number of amides is 1. The Hall–Kier alpha value is -3.33. The number of hydrogen-bond donors (Lipinski definition) is 3. The van der Waals surface area contributed by atoms with Crippen LogP contribution in [0.4, 0.5) is 17.3 Å². The van der Waals surface area contributed by atoms with Gasteiger partial charge in [-0.1, -0.05) is 24.4 Å². The molecule has 190 valence electrons. The number of piperidine rings is 1. The number of nitrogens with one attached hydrogen (secondary N) is 2. The van der Waals surface area contributed by atoms with Gasteiger partial charge in [0.25, 0.3) is 0 Å². The van der Waals surface area contributed by atoms with E-state index in [4.69, 9.17) is 16.3 Å². The Morgan fingerprint density at radius 1 is 1.14 bits per heavy atom. The summed E-state index contributed by atoms with van der Waals surface area (Å²) in [4.78, 5) is 34.8. The van der Waals surface area contributed by atoms with Crippen LogP contribution in [0.25, 0.3) is 6.08 Å². The maximum Gasteiger partial charge on any atom is 0.331 e. The van der Waals surface area contributed by atoms with Gasteiger partial charge in [0.2, 0.25) is 5.91 Å². The smallest absolute Gasteiger partial charge is 0.331 e. The van der Waals surface area contributed by atoms with Crippen molar-refractivity contribution >= 4 is 46.9 Å². The molecule has 0 bridgehead atoms. The molecular weight excluding hydrogens is 482 g/mol. The first-order valence-corrected chi connectivity index (χ1v) is 12.9. The average Bonchev–Trinajstić information content (AvgIpc) is 3.32. The van der Waals surface area contributed by atoms with Crippen LogP contribution >= 0.6 is 11.6 Å². The number of hydrogen-bond acceptors (Lipinski definition) is 7. The Balaban J connectivity index is 1.23. The molecule has 3 N–H and O–H groups in total. The number of rotatable bonds is 6. The van der Waals surface area contributed by atoms with Gasteiger partial charge >= 0.3 is 5.97 Å². The van der Waals surface area contributed by atoms with Gasteiger partial charge in [-0.3, -0.25) is 4.79 Å². The van der Waals surface area contributed by atoms with E-state index in [1.165, 1.54) is 6.33 Å². The SMILES string of the molecule is O=C(O)C1=Cc2c(ncnc2Nc2ccc(OC3CCN(C(=O)C4CCCC4)CC3)c(Cl)c2)NCC1. The molecule has 3 aliphatic rings. The van der Waals surface area contributed by atoms with Crippen molar-refractivity contribution in [3.05, 3.63) is 40.7 Å². The maximum absolute atomic E-state index is 12.7. The lowest BCUT2D eigenvalue weighted by atomic mass is 10.0. The number of aromatic nitrogens is 2. The van der Waals surface area contributed by atoms with E-state index in [-0.39, 0.29) is 17.6 Å². The minimum absolute atomic E-state index is 0.0113. The molecule has 2 fully saturated rings. The molecule has 1 saturated carbocycles. The van der Waals surface area contributed by atoms with Crippen molar-refractivity contribution in [3.63, 3.8) is 0 Å². The zero-order chi connectivity index (χ0) is 25.1. The van der Waals surface area contributed by atoms with Gasteiger partial charge in [-0.25, -0.2) is 14.8 Å². The van der Waals surface area contributed by atoms with E-state index >= 15 is 0 Å². The largest absolute Gasteiger partial charge is 0.489 e. The van der Waals surface area contributed by atoms with E-state index in [9.17, 15) is 14.7 Å². The zero-order valence-corrected chi connectivity index (χ0v) is 20.8. The summed E-state index contributed by atoms with van der Waals surface area (Å²) in [6, 6.07) is 5.42. The summed E-state index contributed by atoms with van der Waals surface area (Å²) in [6.45, 7) is 1.92. The molecule has 0 atom stereocenters. The van der Waals surface area contributed by atoms with Crippen LogP contribution in [0.1, 0.15) is 50.5 Å². The van der Waals surface area contributed by atoms with E-state index in [1.54, 1.807) is 12.1 Å². The number of likely N-dealkylation sites (tertiary alicyclic amines) is 1. The summed E-state index contributed by atoms with van der Waals surface area (Å²) in [7, 11) is 0. The summed E-state index contributed by atoms with van der Waals surface area (Å²) in [5.41, 5.74) is 1.57. The number of ether oxygens (including phenoxy) is 1. The quantitative estimate of drug-likeness (QED) is 0.510. The Morgan fingerprint density at radius 3 is 2.64 bits per heavy atom. The summed E-state index contributed by atoms with van der Waals surface area (Å²) < 4.78 is 6.18. The second-order valence-electron chi connectivity index (χ2n) is 9.53. The maximum atomic E-state index is 12.7. The van der Waals surface area contributed by atoms with Crippen LogP contribution in [0.5, 0.6) is 5.75 Å². The molecular formula is C26H30ClN5O4. The van der Waals surface area contributed by atoms with Crippen molar-refractivity contribution in [3.8, 4) is 5.75 Å². The van der Waals surface area contributed by atoms with E-state index in [2.05, 4.69) is 20.6 Å². The molecule has 0 spiro atoms. The topological polar surface area (TPSA) is 117 Å². The highest BCUT2D eigenvalue weighted by Crippen LogP contribution is 2.34. The molecule has 9 nitrogen and oxygen atoms in total. The fourth-order valence-corrected chi connectivity index (χ4v) is 5.34. The van der Waals surface area contributed by atoms with Crippen LogP contribution in [-0.2, 0) is 9.59 Å². The third-order valence-electron chi connectivity index (χ3n) is 7.11. The van der Waals surface area contributed by atoms with E-state index < -0.39 is 5.97 Å².